The van der Waals surface area contributed by atoms with E-state index in [1.165, 1.54) is 42.5 Å². The standard InChI is InChI=1S/C11H11N5O4S2/c1-15-5-6-8(17)7(9(18)13-11-12-3-4-21-11)16(2)22(19,20)10(6)14-15/h3-5,17H,1-2H3,(H,12,13,18). The second-order valence-corrected chi connectivity index (χ2v) is 7.26. The Morgan fingerprint density at radius 3 is 2.77 bits per heavy atom. The highest BCUT2D eigenvalue weighted by Gasteiger charge is 2.40. The maximum Gasteiger partial charge on any atom is 0.284 e. The molecule has 9 nitrogen and oxygen atoms in total. The maximum atomic E-state index is 12.4. The molecule has 0 fully saturated rings. The average Bonchev–Trinajstić information content (AvgIpc) is 3.07. The van der Waals surface area contributed by atoms with Crippen LogP contribution in [0.5, 0.6) is 0 Å². The molecule has 2 aromatic heterocycles. The summed E-state index contributed by atoms with van der Waals surface area (Å²) in [6.45, 7) is 0. The number of nitrogens with zero attached hydrogens (tertiary/aromatic N) is 4. The average molecular weight is 341 g/mol. The van der Waals surface area contributed by atoms with Gasteiger partial charge in [0.05, 0.1) is 5.56 Å². The molecule has 2 N–H and O–H groups in total. The highest BCUT2D eigenvalue weighted by Crippen LogP contribution is 2.33. The number of carbonyl (C=O) groups is 1. The third kappa shape index (κ3) is 2.05. The number of nitrogens with one attached hydrogen (secondary N) is 1. The number of aliphatic hydroxyl groups excluding tert-OH is 1. The number of aryl methyl sites for hydroxylation is 1. The van der Waals surface area contributed by atoms with Gasteiger partial charge in [0.25, 0.3) is 15.9 Å². The van der Waals surface area contributed by atoms with E-state index in [1.54, 1.807) is 5.38 Å². The summed E-state index contributed by atoms with van der Waals surface area (Å²) in [4.78, 5) is 16.2. The summed E-state index contributed by atoms with van der Waals surface area (Å²) in [7, 11) is -1.30. The number of sulfonamides is 1. The SMILES string of the molecule is CN1C(C(=O)Nc2nccs2)=C(O)c2cn(C)nc2S1(=O)=O. The van der Waals surface area contributed by atoms with Crippen LogP contribution >= 0.6 is 11.3 Å². The summed E-state index contributed by atoms with van der Waals surface area (Å²) in [6, 6.07) is 0. The van der Waals surface area contributed by atoms with Crippen molar-refractivity contribution in [3.05, 3.63) is 29.0 Å². The van der Waals surface area contributed by atoms with Gasteiger partial charge in [-0.05, 0) is 0 Å². The monoisotopic (exact) mass is 341 g/mol. The van der Waals surface area contributed by atoms with E-state index in [4.69, 9.17) is 0 Å². The van der Waals surface area contributed by atoms with Crippen LogP contribution in [-0.2, 0) is 21.9 Å². The Bertz CT molecular complexity index is 882. The molecule has 0 radical (unpaired) electrons. The Balaban J connectivity index is 2.11. The van der Waals surface area contributed by atoms with Crippen molar-refractivity contribution in [2.75, 3.05) is 12.4 Å². The molecular weight excluding hydrogens is 330 g/mol. The molecule has 3 rings (SSSR count). The fraction of sp³-hybridized carbons (Fsp3) is 0.182. The highest BCUT2D eigenvalue weighted by molar-refractivity contribution is 7.89. The Kier molecular flexibility index (Phi) is 3.18. The fourth-order valence-electron chi connectivity index (χ4n) is 2.04. The molecule has 0 spiro atoms. The number of hydrogen-bond acceptors (Lipinski definition) is 7. The van der Waals surface area contributed by atoms with Crippen LogP contribution in [0.2, 0.25) is 0 Å². The smallest absolute Gasteiger partial charge is 0.284 e. The molecule has 0 atom stereocenters. The van der Waals surface area contributed by atoms with Crippen LogP contribution in [0.15, 0.2) is 28.5 Å². The van der Waals surface area contributed by atoms with E-state index >= 15 is 0 Å². The molecule has 22 heavy (non-hydrogen) atoms. The minimum Gasteiger partial charge on any atom is -0.505 e. The first-order valence-electron chi connectivity index (χ1n) is 5.99. The van der Waals surface area contributed by atoms with E-state index < -0.39 is 21.7 Å². The topological polar surface area (TPSA) is 117 Å². The van der Waals surface area contributed by atoms with Crippen molar-refractivity contribution >= 4 is 38.2 Å². The van der Waals surface area contributed by atoms with Crippen molar-refractivity contribution in [3.63, 3.8) is 0 Å². The minimum absolute atomic E-state index is 0.00936. The van der Waals surface area contributed by atoms with Gasteiger partial charge in [-0.25, -0.2) is 4.98 Å². The van der Waals surface area contributed by atoms with Crippen molar-refractivity contribution < 1.29 is 18.3 Å². The predicted octanol–water partition coefficient (Wildman–Crippen LogP) is 0.376. The van der Waals surface area contributed by atoms with Crippen molar-refractivity contribution in [2.24, 2.45) is 7.05 Å². The largest absolute Gasteiger partial charge is 0.505 e. The van der Waals surface area contributed by atoms with Crippen LogP contribution in [-0.4, -0.2) is 45.5 Å². The molecule has 0 saturated carbocycles. The summed E-state index contributed by atoms with van der Waals surface area (Å²) >= 11 is 1.18. The molecule has 1 amide bonds. The normalized spacial score (nSPS) is 16.5. The number of carbonyl (C=O) groups excluding carboxylic acids is 1. The molecule has 0 aromatic carbocycles. The molecule has 0 bridgehead atoms. The van der Waals surface area contributed by atoms with Crippen LogP contribution < -0.4 is 5.32 Å². The van der Waals surface area contributed by atoms with Gasteiger partial charge < -0.3 is 5.11 Å². The first kappa shape index (κ1) is 14.5. The first-order valence-corrected chi connectivity index (χ1v) is 8.31. The molecule has 1 aliphatic rings. The Hall–Kier alpha value is -2.40. The van der Waals surface area contributed by atoms with Gasteiger partial charge in [-0.2, -0.15) is 13.5 Å². The van der Waals surface area contributed by atoms with E-state index in [1.807, 2.05) is 0 Å². The van der Waals surface area contributed by atoms with Crippen LogP contribution in [0.3, 0.4) is 0 Å². The van der Waals surface area contributed by atoms with Crippen LogP contribution in [0.25, 0.3) is 5.76 Å². The van der Waals surface area contributed by atoms with Crippen molar-refractivity contribution in [1.29, 1.82) is 0 Å². The molecule has 116 valence electrons. The van der Waals surface area contributed by atoms with Crippen LogP contribution in [0.4, 0.5) is 5.13 Å². The Labute approximate surface area is 129 Å². The van der Waals surface area contributed by atoms with E-state index in [9.17, 15) is 18.3 Å². The van der Waals surface area contributed by atoms with Crippen molar-refractivity contribution in [3.8, 4) is 0 Å². The Morgan fingerprint density at radius 2 is 2.14 bits per heavy atom. The molecule has 1 aliphatic heterocycles. The van der Waals surface area contributed by atoms with E-state index in [-0.39, 0.29) is 16.3 Å². The van der Waals surface area contributed by atoms with Gasteiger partial charge >= 0.3 is 0 Å². The molecular formula is C11H11N5O4S2. The lowest BCUT2D eigenvalue weighted by Crippen LogP contribution is -2.37. The number of anilines is 1. The zero-order valence-corrected chi connectivity index (χ0v) is 13.1. The zero-order valence-electron chi connectivity index (χ0n) is 11.5. The van der Waals surface area contributed by atoms with Gasteiger partial charge in [0, 0.05) is 31.9 Å². The second-order valence-electron chi connectivity index (χ2n) is 4.48. The molecule has 11 heteroatoms. The van der Waals surface area contributed by atoms with Gasteiger partial charge in [-0.3, -0.25) is 19.1 Å². The summed E-state index contributed by atoms with van der Waals surface area (Å²) in [5.74, 6) is -1.22. The number of aliphatic hydroxyl groups is 1. The summed E-state index contributed by atoms with van der Waals surface area (Å²) in [5, 5.41) is 18.2. The fourth-order valence-corrected chi connectivity index (χ4v) is 3.89. The zero-order chi connectivity index (χ0) is 16.1. The number of amides is 1. The molecule has 3 heterocycles. The van der Waals surface area contributed by atoms with E-state index in [0.29, 0.717) is 9.44 Å². The molecule has 2 aromatic rings. The van der Waals surface area contributed by atoms with E-state index in [0.717, 1.165) is 0 Å². The first-order chi connectivity index (χ1) is 10.3. The Morgan fingerprint density at radius 1 is 1.41 bits per heavy atom. The van der Waals surface area contributed by atoms with Crippen LogP contribution in [0.1, 0.15) is 5.56 Å². The van der Waals surface area contributed by atoms with Gasteiger partial charge in [0.15, 0.2) is 16.6 Å². The quantitative estimate of drug-likeness (QED) is 0.815. The predicted molar refractivity (Wildman–Crippen MR) is 78.4 cm³/mol. The third-order valence-corrected chi connectivity index (χ3v) is 5.44. The molecule has 0 aliphatic carbocycles. The lowest BCUT2D eigenvalue weighted by Gasteiger charge is -2.25. The highest BCUT2D eigenvalue weighted by atomic mass is 32.2. The maximum absolute atomic E-state index is 12.4. The number of rotatable bonds is 2. The van der Waals surface area contributed by atoms with Gasteiger partial charge in [-0.1, -0.05) is 0 Å². The minimum atomic E-state index is -4.00. The lowest BCUT2D eigenvalue weighted by molar-refractivity contribution is -0.113. The summed E-state index contributed by atoms with van der Waals surface area (Å²) < 4.78 is 26.8. The summed E-state index contributed by atoms with van der Waals surface area (Å²) in [6.07, 6.45) is 2.83. The number of fused-ring (bicyclic) bond motifs is 1. The van der Waals surface area contributed by atoms with Gasteiger partial charge in [0.1, 0.15) is 0 Å². The van der Waals surface area contributed by atoms with Gasteiger partial charge in [-0.15, -0.1) is 11.3 Å². The van der Waals surface area contributed by atoms with Crippen LogP contribution in [0, 0.1) is 0 Å². The van der Waals surface area contributed by atoms with Crippen molar-refractivity contribution in [1.82, 2.24) is 19.1 Å². The summed E-state index contributed by atoms with van der Waals surface area (Å²) in [5.41, 5.74) is -0.388. The second kappa shape index (κ2) is 4.81. The number of hydrogen-bond donors (Lipinski definition) is 2. The van der Waals surface area contributed by atoms with Gasteiger partial charge in [0.2, 0.25) is 5.03 Å². The molecule has 0 unspecified atom stereocenters. The third-order valence-electron chi connectivity index (χ3n) is 3.06. The molecule has 0 saturated heterocycles. The number of thiazole rings is 1. The lowest BCUT2D eigenvalue weighted by atomic mass is 10.2. The van der Waals surface area contributed by atoms with Crippen molar-refractivity contribution in [2.45, 2.75) is 5.03 Å². The van der Waals surface area contributed by atoms with E-state index in [2.05, 4.69) is 15.4 Å². The number of likely N-dealkylation sites (N-methyl/N-ethyl adjacent to an activating group) is 1. The number of aromatic nitrogens is 3.